The Balaban J connectivity index is 2.16. The number of methoxy groups -OCH3 is 1. The summed E-state index contributed by atoms with van der Waals surface area (Å²) >= 11 is 6.06. The standard InChI is InChI=1S/C19H18ClFN2O4/c1-19(2,17(25)22-13-7-5-12(21)6-8-13)18(26)23-15-10-11(16(24)27-3)4-9-14(15)20/h4-10H,1-3H3,(H,22,25)(H,23,26). The summed E-state index contributed by atoms with van der Waals surface area (Å²) in [4.78, 5) is 36.7. The van der Waals surface area contributed by atoms with Gasteiger partial charge in [0, 0.05) is 5.69 Å². The maximum absolute atomic E-state index is 13.0. The average molecular weight is 393 g/mol. The molecule has 0 aliphatic carbocycles. The highest BCUT2D eigenvalue weighted by Gasteiger charge is 2.36. The van der Waals surface area contributed by atoms with Crippen LogP contribution in [-0.2, 0) is 14.3 Å². The van der Waals surface area contributed by atoms with E-state index in [9.17, 15) is 18.8 Å². The Kier molecular flexibility index (Phi) is 6.17. The number of rotatable bonds is 5. The number of benzene rings is 2. The first-order chi connectivity index (χ1) is 12.6. The Morgan fingerprint density at radius 2 is 1.59 bits per heavy atom. The van der Waals surface area contributed by atoms with Gasteiger partial charge in [-0.2, -0.15) is 0 Å². The molecule has 0 fully saturated rings. The highest BCUT2D eigenvalue weighted by Crippen LogP contribution is 2.27. The zero-order valence-electron chi connectivity index (χ0n) is 14.9. The molecule has 0 bridgehead atoms. The second-order valence-electron chi connectivity index (χ2n) is 6.23. The Morgan fingerprint density at radius 1 is 1.00 bits per heavy atom. The molecule has 0 aromatic heterocycles. The van der Waals surface area contributed by atoms with Gasteiger partial charge in [-0.25, -0.2) is 9.18 Å². The van der Waals surface area contributed by atoms with Crippen molar-refractivity contribution in [1.82, 2.24) is 0 Å². The number of carbonyl (C=O) groups excluding carboxylic acids is 3. The van der Waals surface area contributed by atoms with Crippen molar-refractivity contribution >= 4 is 40.8 Å². The summed E-state index contributed by atoms with van der Waals surface area (Å²) in [6.07, 6.45) is 0. The third-order valence-electron chi connectivity index (χ3n) is 3.87. The molecule has 2 aromatic carbocycles. The average Bonchev–Trinajstić information content (AvgIpc) is 2.64. The van der Waals surface area contributed by atoms with Crippen LogP contribution in [0.4, 0.5) is 15.8 Å². The fraction of sp³-hybridized carbons (Fsp3) is 0.211. The maximum Gasteiger partial charge on any atom is 0.337 e. The second kappa shape index (κ2) is 8.18. The SMILES string of the molecule is COC(=O)c1ccc(Cl)c(NC(=O)C(C)(C)C(=O)Nc2ccc(F)cc2)c1. The van der Waals surface area contributed by atoms with Crippen molar-refractivity contribution in [3.63, 3.8) is 0 Å². The number of hydrogen-bond acceptors (Lipinski definition) is 4. The monoisotopic (exact) mass is 392 g/mol. The molecule has 6 nitrogen and oxygen atoms in total. The van der Waals surface area contributed by atoms with E-state index in [-0.39, 0.29) is 16.3 Å². The minimum Gasteiger partial charge on any atom is -0.465 e. The molecule has 2 N–H and O–H groups in total. The molecule has 2 rings (SSSR count). The number of halogens is 2. The van der Waals surface area contributed by atoms with Gasteiger partial charge in [-0.1, -0.05) is 11.6 Å². The van der Waals surface area contributed by atoms with Crippen LogP contribution in [0.1, 0.15) is 24.2 Å². The van der Waals surface area contributed by atoms with Crippen molar-refractivity contribution in [2.75, 3.05) is 17.7 Å². The summed E-state index contributed by atoms with van der Waals surface area (Å²) in [7, 11) is 1.23. The zero-order valence-corrected chi connectivity index (χ0v) is 15.7. The van der Waals surface area contributed by atoms with Crippen molar-refractivity contribution in [1.29, 1.82) is 0 Å². The van der Waals surface area contributed by atoms with E-state index in [0.29, 0.717) is 5.69 Å². The van der Waals surface area contributed by atoms with E-state index in [4.69, 9.17) is 11.6 Å². The summed E-state index contributed by atoms with van der Waals surface area (Å²) in [6.45, 7) is 2.86. The number of nitrogens with one attached hydrogen (secondary N) is 2. The first-order valence-corrected chi connectivity index (χ1v) is 8.29. The lowest BCUT2D eigenvalue weighted by Crippen LogP contribution is -2.41. The van der Waals surface area contributed by atoms with Crippen molar-refractivity contribution in [2.45, 2.75) is 13.8 Å². The van der Waals surface area contributed by atoms with Gasteiger partial charge >= 0.3 is 5.97 Å². The zero-order chi connectivity index (χ0) is 20.2. The van der Waals surface area contributed by atoms with Crippen LogP contribution in [0.2, 0.25) is 5.02 Å². The predicted octanol–water partition coefficient (Wildman–Crippen LogP) is 3.87. The molecule has 0 atom stereocenters. The second-order valence-corrected chi connectivity index (χ2v) is 6.63. The van der Waals surface area contributed by atoms with Gasteiger partial charge in [0.25, 0.3) is 0 Å². The van der Waals surface area contributed by atoms with E-state index in [1.165, 1.54) is 63.4 Å². The molecule has 8 heteroatoms. The third-order valence-corrected chi connectivity index (χ3v) is 4.20. The lowest BCUT2D eigenvalue weighted by Gasteiger charge is -2.23. The summed E-state index contributed by atoms with van der Waals surface area (Å²) in [5.74, 6) is -2.25. The molecule has 2 aromatic rings. The minimum absolute atomic E-state index is 0.173. The van der Waals surface area contributed by atoms with Gasteiger partial charge in [-0.3, -0.25) is 9.59 Å². The number of ether oxygens (including phenoxy) is 1. The van der Waals surface area contributed by atoms with E-state index in [1.54, 1.807) is 0 Å². The quantitative estimate of drug-likeness (QED) is 0.597. The fourth-order valence-corrected chi connectivity index (χ4v) is 2.23. The first-order valence-electron chi connectivity index (χ1n) is 7.91. The topological polar surface area (TPSA) is 84.5 Å². The normalized spacial score (nSPS) is 10.9. The van der Waals surface area contributed by atoms with E-state index in [2.05, 4.69) is 15.4 Å². The van der Waals surface area contributed by atoms with E-state index >= 15 is 0 Å². The predicted molar refractivity (Wildman–Crippen MR) is 100 cm³/mol. The summed E-state index contributed by atoms with van der Waals surface area (Å²) in [5.41, 5.74) is -0.745. The van der Waals surface area contributed by atoms with Gasteiger partial charge in [-0.05, 0) is 56.3 Å². The lowest BCUT2D eigenvalue weighted by molar-refractivity contribution is -0.135. The maximum atomic E-state index is 13.0. The van der Waals surface area contributed by atoms with Crippen LogP contribution in [-0.4, -0.2) is 24.9 Å². The largest absolute Gasteiger partial charge is 0.465 e. The van der Waals surface area contributed by atoms with Gasteiger partial charge in [-0.15, -0.1) is 0 Å². The fourth-order valence-electron chi connectivity index (χ4n) is 2.07. The van der Waals surface area contributed by atoms with Gasteiger partial charge < -0.3 is 15.4 Å². The number of hydrogen-bond donors (Lipinski definition) is 2. The Hall–Kier alpha value is -2.93. The smallest absolute Gasteiger partial charge is 0.337 e. The van der Waals surface area contributed by atoms with Crippen molar-refractivity contribution in [3.05, 3.63) is 58.9 Å². The molecular formula is C19H18ClFN2O4. The van der Waals surface area contributed by atoms with E-state index < -0.39 is 29.0 Å². The molecule has 0 saturated heterocycles. The Labute approximate surface area is 160 Å². The first kappa shape index (κ1) is 20.4. The van der Waals surface area contributed by atoms with Crippen LogP contribution >= 0.6 is 11.6 Å². The Morgan fingerprint density at radius 3 is 2.19 bits per heavy atom. The molecular weight excluding hydrogens is 375 g/mol. The van der Waals surface area contributed by atoms with Crippen molar-refractivity contribution in [3.8, 4) is 0 Å². The van der Waals surface area contributed by atoms with E-state index in [1.807, 2.05) is 0 Å². The number of amides is 2. The highest BCUT2D eigenvalue weighted by molar-refractivity contribution is 6.34. The van der Waals surface area contributed by atoms with Gasteiger partial charge in [0.05, 0.1) is 23.4 Å². The van der Waals surface area contributed by atoms with Crippen LogP contribution in [0.5, 0.6) is 0 Å². The summed E-state index contributed by atoms with van der Waals surface area (Å²) in [5, 5.41) is 5.30. The number of anilines is 2. The summed E-state index contributed by atoms with van der Waals surface area (Å²) < 4.78 is 17.6. The lowest BCUT2D eigenvalue weighted by atomic mass is 9.90. The van der Waals surface area contributed by atoms with Crippen LogP contribution in [0, 0.1) is 11.2 Å². The van der Waals surface area contributed by atoms with E-state index in [0.717, 1.165) is 0 Å². The third kappa shape index (κ3) is 4.83. The molecule has 27 heavy (non-hydrogen) atoms. The minimum atomic E-state index is -1.47. The molecule has 0 heterocycles. The molecule has 2 amide bonds. The molecule has 0 aliphatic heterocycles. The van der Waals surface area contributed by atoms with Gasteiger partial charge in [0.1, 0.15) is 11.2 Å². The van der Waals surface area contributed by atoms with Crippen LogP contribution in [0.15, 0.2) is 42.5 Å². The molecule has 0 spiro atoms. The van der Waals surface area contributed by atoms with Crippen LogP contribution in [0.25, 0.3) is 0 Å². The van der Waals surface area contributed by atoms with Crippen LogP contribution < -0.4 is 10.6 Å². The summed E-state index contributed by atoms with van der Waals surface area (Å²) in [6, 6.07) is 9.42. The van der Waals surface area contributed by atoms with Crippen molar-refractivity contribution < 1.29 is 23.5 Å². The highest BCUT2D eigenvalue weighted by atomic mass is 35.5. The van der Waals surface area contributed by atoms with Crippen molar-refractivity contribution in [2.24, 2.45) is 5.41 Å². The number of carbonyl (C=O) groups is 3. The Bertz CT molecular complexity index is 882. The molecule has 0 radical (unpaired) electrons. The van der Waals surface area contributed by atoms with Gasteiger partial charge in [0.15, 0.2) is 0 Å². The number of esters is 1. The van der Waals surface area contributed by atoms with Crippen LogP contribution in [0.3, 0.4) is 0 Å². The molecule has 0 saturated carbocycles. The molecule has 142 valence electrons. The molecule has 0 unspecified atom stereocenters. The van der Waals surface area contributed by atoms with Gasteiger partial charge in [0.2, 0.25) is 11.8 Å². The molecule has 0 aliphatic rings.